The van der Waals surface area contributed by atoms with Crippen molar-refractivity contribution in [2.45, 2.75) is 45.4 Å². The number of hydrogen-bond acceptors (Lipinski definition) is 5. The molecule has 0 atom stereocenters. The first-order valence-electron chi connectivity index (χ1n) is 13.4. The highest BCUT2D eigenvalue weighted by molar-refractivity contribution is 9.11. The molecule has 0 bridgehead atoms. The molecule has 1 aliphatic rings. The predicted molar refractivity (Wildman–Crippen MR) is 170 cm³/mol. The Morgan fingerprint density at radius 2 is 1.18 bits per heavy atom. The fraction of sp³-hybridized carbons (Fsp3) is 0.250. The predicted octanol–water partition coefficient (Wildman–Crippen LogP) is 10.7. The molecule has 198 valence electrons. The number of benzene rings is 2. The first-order chi connectivity index (χ1) is 19.0. The Hall–Kier alpha value is -2.58. The summed E-state index contributed by atoms with van der Waals surface area (Å²) >= 11 is 8.86. The lowest BCUT2D eigenvalue weighted by molar-refractivity contribution is 0.0607. The summed E-state index contributed by atoms with van der Waals surface area (Å²) in [5, 5.41) is 1.76. The van der Waals surface area contributed by atoms with Gasteiger partial charge in [-0.2, -0.15) is 0 Å². The van der Waals surface area contributed by atoms with Gasteiger partial charge in [-0.05, 0) is 81.8 Å². The molecule has 2 amide bonds. The minimum absolute atomic E-state index is 0.165. The number of rotatable bonds is 10. The summed E-state index contributed by atoms with van der Waals surface area (Å²) in [6.45, 7) is 2.69. The third kappa shape index (κ3) is 5.18. The van der Waals surface area contributed by atoms with E-state index in [0.717, 1.165) is 44.3 Å². The quantitative estimate of drug-likeness (QED) is 0.113. The maximum Gasteiger partial charge on any atom is 0.261 e. The van der Waals surface area contributed by atoms with Gasteiger partial charge >= 0.3 is 0 Å². The topological polar surface area (TPSA) is 37.4 Å². The molecule has 6 rings (SSSR count). The average Bonchev–Trinajstić information content (AvgIpc) is 3.71. The minimum Gasteiger partial charge on any atom is -0.274 e. The van der Waals surface area contributed by atoms with Gasteiger partial charge in [0, 0.05) is 47.4 Å². The van der Waals surface area contributed by atoms with E-state index in [1.165, 1.54) is 43.7 Å². The summed E-state index contributed by atoms with van der Waals surface area (Å²) < 4.78 is 1.14. The number of carbonyl (C=O) groups is 2. The largest absolute Gasteiger partial charge is 0.274 e. The van der Waals surface area contributed by atoms with E-state index in [2.05, 4.69) is 65.3 Å². The second-order valence-electron chi connectivity index (χ2n) is 9.85. The number of unbranched alkanes of at least 4 members (excludes halogenated alkanes) is 5. The third-order valence-electron chi connectivity index (χ3n) is 7.26. The summed E-state index contributed by atoms with van der Waals surface area (Å²) in [4.78, 5) is 34.5. The van der Waals surface area contributed by atoms with Gasteiger partial charge < -0.3 is 0 Å². The molecule has 3 aromatic heterocycles. The number of thiophene rings is 3. The van der Waals surface area contributed by atoms with Crippen LogP contribution >= 0.6 is 49.9 Å². The van der Waals surface area contributed by atoms with Crippen molar-refractivity contribution in [3.63, 3.8) is 0 Å². The second-order valence-corrected chi connectivity index (χ2v) is 14.5. The smallest absolute Gasteiger partial charge is 0.261 e. The lowest BCUT2D eigenvalue weighted by Crippen LogP contribution is -2.40. The first kappa shape index (κ1) is 26.6. The highest BCUT2D eigenvalue weighted by atomic mass is 79.9. The molecule has 0 saturated heterocycles. The molecule has 3 nitrogen and oxygen atoms in total. The fourth-order valence-corrected chi connectivity index (χ4v) is 8.90. The van der Waals surface area contributed by atoms with Crippen molar-refractivity contribution in [1.82, 2.24) is 4.90 Å². The van der Waals surface area contributed by atoms with Gasteiger partial charge in [0.2, 0.25) is 0 Å². The Morgan fingerprint density at radius 1 is 0.615 bits per heavy atom. The van der Waals surface area contributed by atoms with E-state index in [4.69, 9.17) is 0 Å². The Kier molecular flexibility index (Phi) is 7.85. The molecule has 0 unspecified atom stereocenters. The molecule has 0 saturated carbocycles. The summed E-state index contributed by atoms with van der Waals surface area (Å²) in [5.74, 6) is -0.330. The van der Waals surface area contributed by atoms with Gasteiger partial charge in [0.05, 0.1) is 3.79 Å². The average molecular weight is 635 g/mol. The number of amides is 2. The second kappa shape index (κ2) is 11.5. The lowest BCUT2D eigenvalue weighted by Gasteiger charge is -2.27. The summed E-state index contributed by atoms with van der Waals surface area (Å²) in [6.07, 6.45) is 6.73. The van der Waals surface area contributed by atoms with Gasteiger partial charge in [0.15, 0.2) is 0 Å². The SMILES string of the molecule is CCCCCCCCN1C(=O)c2cccc3c(-c4ccc(-c5ccc(-c6ccc(Br)s6)s5)s4)ccc(c23)C1=O. The van der Waals surface area contributed by atoms with Crippen molar-refractivity contribution >= 4 is 72.5 Å². The van der Waals surface area contributed by atoms with E-state index in [1.54, 1.807) is 34.0 Å². The maximum atomic E-state index is 13.4. The Labute approximate surface area is 249 Å². The van der Waals surface area contributed by atoms with Crippen LogP contribution in [0.1, 0.15) is 66.2 Å². The van der Waals surface area contributed by atoms with E-state index >= 15 is 0 Å². The van der Waals surface area contributed by atoms with E-state index in [-0.39, 0.29) is 11.8 Å². The lowest BCUT2D eigenvalue weighted by atomic mass is 9.90. The van der Waals surface area contributed by atoms with Crippen LogP contribution in [0.15, 0.2) is 70.5 Å². The zero-order valence-corrected chi connectivity index (χ0v) is 25.7. The van der Waals surface area contributed by atoms with Gasteiger partial charge in [-0.1, -0.05) is 57.2 Å². The van der Waals surface area contributed by atoms with Crippen molar-refractivity contribution in [2.75, 3.05) is 6.54 Å². The number of halogens is 1. The molecule has 0 aliphatic carbocycles. The normalized spacial score (nSPS) is 13.1. The molecule has 7 heteroatoms. The molecule has 5 aromatic rings. The molecule has 4 heterocycles. The van der Waals surface area contributed by atoms with Crippen LogP contribution in [-0.4, -0.2) is 23.3 Å². The van der Waals surface area contributed by atoms with Gasteiger partial charge in [-0.25, -0.2) is 0 Å². The molecule has 0 fully saturated rings. The van der Waals surface area contributed by atoms with Gasteiger partial charge in [-0.3, -0.25) is 14.5 Å². The minimum atomic E-state index is -0.165. The molecule has 0 spiro atoms. The monoisotopic (exact) mass is 633 g/mol. The van der Waals surface area contributed by atoms with Crippen LogP contribution in [0.5, 0.6) is 0 Å². The highest BCUT2D eigenvalue weighted by Gasteiger charge is 2.33. The maximum absolute atomic E-state index is 13.4. The molecule has 0 radical (unpaired) electrons. The van der Waals surface area contributed by atoms with E-state index < -0.39 is 0 Å². The van der Waals surface area contributed by atoms with E-state index in [9.17, 15) is 9.59 Å². The molecule has 39 heavy (non-hydrogen) atoms. The van der Waals surface area contributed by atoms with Crippen LogP contribution in [0.3, 0.4) is 0 Å². The third-order valence-corrected chi connectivity index (χ3v) is 11.5. The number of hydrogen-bond donors (Lipinski definition) is 0. The molecule has 2 aromatic carbocycles. The van der Waals surface area contributed by atoms with E-state index in [0.29, 0.717) is 17.7 Å². The Balaban J connectivity index is 1.27. The number of nitrogens with zero attached hydrogens (tertiary/aromatic N) is 1. The summed E-state index contributed by atoms with van der Waals surface area (Å²) in [6, 6.07) is 22.8. The first-order valence-corrected chi connectivity index (χ1v) is 16.7. The molecular formula is C32H28BrNO2S3. The van der Waals surface area contributed by atoms with Crippen LogP contribution in [0.25, 0.3) is 40.7 Å². The molecule has 1 aliphatic heterocycles. The molecular weight excluding hydrogens is 606 g/mol. The zero-order chi connectivity index (χ0) is 26.9. The van der Waals surface area contributed by atoms with Crippen molar-refractivity contribution < 1.29 is 9.59 Å². The van der Waals surface area contributed by atoms with Crippen molar-refractivity contribution in [3.05, 3.63) is 81.6 Å². The van der Waals surface area contributed by atoms with Crippen molar-refractivity contribution in [1.29, 1.82) is 0 Å². The summed E-state index contributed by atoms with van der Waals surface area (Å²) in [7, 11) is 0. The van der Waals surface area contributed by atoms with Crippen molar-refractivity contribution in [3.8, 4) is 29.9 Å². The van der Waals surface area contributed by atoms with E-state index in [1.807, 2.05) is 24.3 Å². The zero-order valence-electron chi connectivity index (χ0n) is 21.7. The standard InChI is InChI=1S/C32H28BrNO2S3/c1-2-3-4-5-6-7-19-34-31(35)22-10-8-9-21-20(11-12-23(30(21)22)32(34)36)24-13-14-25(37-24)26-15-16-27(38-26)28-17-18-29(33)39-28/h8-18H,2-7,19H2,1H3. The van der Waals surface area contributed by atoms with Crippen LogP contribution in [0.2, 0.25) is 0 Å². The van der Waals surface area contributed by atoms with Gasteiger partial charge in [0.1, 0.15) is 0 Å². The highest BCUT2D eigenvalue weighted by Crippen LogP contribution is 2.44. The van der Waals surface area contributed by atoms with Gasteiger partial charge in [-0.15, -0.1) is 34.0 Å². The fourth-order valence-electron chi connectivity index (χ4n) is 5.28. The molecule has 0 N–H and O–H groups in total. The Morgan fingerprint density at radius 3 is 1.87 bits per heavy atom. The van der Waals surface area contributed by atoms with Crippen molar-refractivity contribution in [2.24, 2.45) is 0 Å². The van der Waals surface area contributed by atoms with Crippen LogP contribution in [0.4, 0.5) is 0 Å². The number of imide groups is 1. The van der Waals surface area contributed by atoms with Crippen LogP contribution in [-0.2, 0) is 0 Å². The number of carbonyl (C=O) groups excluding carboxylic acids is 2. The summed E-state index contributed by atoms with van der Waals surface area (Å²) in [5.41, 5.74) is 2.34. The van der Waals surface area contributed by atoms with Crippen LogP contribution < -0.4 is 0 Å². The Bertz CT molecular complexity index is 1660. The van der Waals surface area contributed by atoms with Gasteiger partial charge in [0.25, 0.3) is 11.8 Å². The van der Waals surface area contributed by atoms with Crippen LogP contribution in [0, 0.1) is 0 Å².